The van der Waals surface area contributed by atoms with Gasteiger partial charge in [-0.1, -0.05) is 20.3 Å². The third kappa shape index (κ3) is 4.88. The molecule has 0 spiro atoms. The Labute approximate surface area is 126 Å². The average molecular weight is 300 g/mol. The Morgan fingerprint density at radius 2 is 1.71 bits per heavy atom. The topological polar surface area (TPSA) is 78.9 Å². The van der Waals surface area contributed by atoms with Crippen LogP contribution in [-0.4, -0.2) is 52.3 Å². The Balaban J connectivity index is 2.80. The van der Waals surface area contributed by atoms with E-state index in [0.717, 1.165) is 0 Å². The molecule has 6 heteroatoms. The molecule has 122 valence electrons. The molecular formula is C15H28N2O4. The molecule has 1 fully saturated rings. The summed E-state index contributed by atoms with van der Waals surface area (Å²) in [5.41, 5.74) is -0.900. The Hall–Kier alpha value is -1.30. The molecule has 21 heavy (non-hydrogen) atoms. The molecule has 0 aromatic heterocycles. The van der Waals surface area contributed by atoms with Crippen LogP contribution < -0.4 is 5.32 Å². The Bertz CT molecular complexity index is 390. The van der Waals surface area contributed by atoms with Crippen LogP contribution in [0.5, 0.6) is 0 Å². The van der Waals surface area contributed by atoms with Gasteiger partial charge in [0.25, 0.3) is 0 Å². The van der Waals surface area contributed by atoms with Gasteiger partial charge < -0.3 is 20.1 Å². The van der Waals surface area contributed by atoms with Gasteiger partial charge in [-0.05, 0) is 33.6 Å². The zero-order valence-corrected chi connectivity index (χ0v) is 13.9. The van der Waals surface area contributed by atoms with E-state index in [2.05, 4.69) is 5.32 Å². The molecule has 0 radical (unpaired) electrons. The molecule has 0 aliphatic carbocycles. The number of amides is 2. The fraction of sp³-hybridized carbons (Fsp3) is 0.867. The summed E-state index contributed by atoms with van der Waals surface area (Å²) in [4.78, 5) is 25.4. The van der Waals surface area contributed by atoms with Crippen LogP contribution in [-0.2, 0) is 9.53 Å². The number of carboxylic acid groups (broad SMARTS) is 1. The number of carbonyl (C=O) groups is 2. The van der Waals surface area contributed by atoms with Gasteiger partial charge in [0.15, 0.2) is 0 Å². The van der Waals surface area contributed by atoms with Crippen molar-refractivity contribution in [1.29, 1.82) is 0 Å². The van der Waals surface area contributed by atoms with E-state index < -0.39 is 23.2 Å². The van der Waals surface area contributed by atoms with Gasteiger partial charge in [-0.3, -0.25) is 0 Å². The highest BCUT2D eigenvalue weighted by molar-refractivity contribution is 5.83. The molecule has 0 saturated carbocycles. The van der Waals surface area contributed by atoms with Gasteiger partial charge in [0.2, 0.25) is 0 Å². The number of morpholine rings is 1. The molecule has 0 aromatic carbocycles. The van der Waals surface area contributed by atoms with Gasteiger partial charge in [0, 0.05) is 0 Å². The van der Waals surface area contributed by atoms with Crippen LogP contribution in [0.3, 0.4) is 0 Å². The molecule has 0 bridgehead atoms. The second kappa shape index (κ2) is 6.22. The van der Waals surface area contributed by atoms with Gasteiger partial charge >= 0.3 is 12.0 Å². The van der Waals surface area contributed by atoms with Crippen molar-refractivity contribution in [2.24, 2.45) is 5.92 Å². The fourth-order valence-corrected chi connectivity index (χ4v) is 2.84. The Kier molecular flexibility index (Phi) is 5.25. The standard InChI is InChI=1S/C15H28N2O4/c1-7-10(2)11(12(18)19)16-13(20)17-8-14(3,4)21-15(5,6)9-17/h10-11H,7-9H2,1-6H3,(H,16,20)(H,18,19)/t10-,11-/m0/s1. The number of carbonyl (C=O) groups excluding carboxylic acids is 1. The average Bonchev–Trinajstić information content (AvgIpc) is 2.30. The molecule has 1 saturated heterocycles. The number of nitrogens with one attached hydrogen (secondary N) is 1. The first-order valence-electron chi connectivity index (χ1n) is 7.46. The SMILES string of the molecule is CC[C@H](C)[C@H](NC(=O)N1CC(C)(C)OC(C)(C)C1)C(=O)O. The van der Waals surface area contributed by atoms with E-state index in [4.69, 9.17) is 4.74 Å². The van der Waals surface area contributed by atoms with Crippen molar-refractivity contribution in [3.8, 4) is 0 Å². The predicted octanol–water partition coefficient (Wildman–Crippen LogP) is 2.08. The fourth-order valence-electron chi connectivity index (χ4n) is 2.84. The smallest absolute Gasteiger partial charge is 0.326 e. The van der Waals surface area contributed by atoms with E-state index in [1.54, 1.807) is 4.90 Å². The van der Waals surface area contributed by atoms with E-state index in [9.17, 15) is 14.7 Å². The minimum Gasteiger partial charge on any atom is -0.480 e. The summed E-state index contributed by atoms with van der Waals surface area (Å²) >= 11 is 0. The maximum atomic E-state index is 12.4. The lowest BCUT2D eigenvalue weighted by atomic mass is 9.98. The first kappa shape index (κ1) is 17.8. The second-order valence-corrected chi connectivity index (χ2v) is 7.13. The van der Waals surface area contributed by atoms with Crippen molar-refractivity contribution in [2.45, 2.75) is 65.2 Å². The number of hydrogen-bond acceptors (Lipinski definition) is 3. The first-order chi connectivity index (χ1) is 9.47. The summed E-state index contributed by atoms with van der Waals surface area (Å²) in [6.45, 7) is 12.3. The molecule has 1 aliphatic rings. The second-order valence-electron chi connectivity index (χ2n) is 7.13. The summed E-state index contributed by atoms with van der Waals surface area (Å²) in [6, 6.07) is -1.20. The van der Waals surface area contributed by atoms with Crippen molar-refractivity contribution >= 4 is 12.0 Å². The van der Waals surface area contributed by atoms with E-state index in [0.29, 0.717) is 19.5 Å². The monoisotopic (exact) mass is 300 g/mol. The van der Waals surface area contributed by atoms with Crippen LogP contribution in [0.25, 0.3) is 0 Å². The Morgan fingerprint density at radius 3 is 2.10 bits per heavy atom. The summed E-state index contributed by atoms with van der Waals surface area (Å²) in [5, 5.41) is 11.9. The van der Waals surface area contributed by atoms with E-state index in [1.807, 2.05) is 41.5 Å². The van der Waals surface area contributed by atoms with Crippen LogP contribution in [0, 0.1) is 5.92 Å². The van der Waals surface area contributed by atoms with Gasteiger partial charge in [0.05, 0.1) is 24.3 Å². The van der Waals surface area contributed by atoms with E-state index in [-0.39, 0.29) is 11.9 Å². The van der Waals surface area contributed by atoms with Crippen molar-refractivity contribution in [3.63, 3.8) is 0 Å². The lowest BCUT2D eigenvalue weighted by Crippen LogP contribution is -2.62. The van der Waals surface area contributed by atoms with Crippen molar-refractivity contribution in [3.05, 3.63) is 0 Å². The van der Waals surface area contributed by atoms with Crippen LogP contribution >= 0.6 is 0 Å². The molecular weight excluding hydrogens is 272 g/mol. The summed E-state index contributed by atoms with van der Waals surface area (Å²) in [6.07, 6.45) is 0.692. The number of hydrogen-bond donors (Lipinski definition) is 2. The number of rotatable bonds is 4. The minimum absolute atomic E-state index is 0.117. The maximum absolute atomic E-state index is 12.4. The molecule has 2 N–H and O–H groups in total. The molecule has 1 rings (SSSR count). The van der Waals surface area contributed by atoms with Crippen molar-refractivity contribution in [2.75, 3.05) is 13.1 Å². The summed E-state index contributed by atoms with van der Waals surface area (Å²) in [7, 11) is 0. The Morgan fingerprint density at radius 1 is 1.24 bits per heavy atom. The number of nitrogens with zero attached hydrogens (tertiary/aromatic N) is 1. The molecule has 6 nitrogen and oxygen atoms in total. The number of carboxylic acids is 1. The molecule has 1 heterocycles. The zero-order valence-electron chi connectivity index (χ0n) is 13.9. The third-order valence-corrected chi connectivity index (χ3v) is 3.74. The molecule has 2 atom stereocenters. The van der Waals surface area contributed by atoms with Crippen LogP contribution in [0.4, 0.5) is 4.79 Å². The maximum Gasteiger partial charge on any atom is 0.326 e. The van der Waals surface area contributed by atoms with E-state index in [1.165, 1.54) is 0 Å². The quantitative estimate of drug-likeness (QED) is 0.833. The lowest BCUT2D eigenvalue weighted by molar-refractivity contribution is -0.170. The van der Waals surface area contributed by atoms with Crippen molar-refractivity contribution in [1.82, 2.24) is 10.2 Å². The molecule has 0 unspecified atom stereocenters. The van der Waals surface area contributed by atoms with Gasteiger partial charge in [-0.2, -0.15) is 0 Å². The highest BCUT2D eigenvalue weighted by atomic mass is 16.5. The number of ether oxygens (including phenoxy) is 1. The largest absolute Gasteiger partial charge is 0.480 e. The zero-order chi connectivity index (χ0) is 16.4. The van der Waals surface area contributed by atoms with Crippen LogP contribution in [0.2, 0.25) is 0 Å². The summed E-state index contributed by atoms with van der Waals surface area (Å²) < 4.78 is 5.92. The normalized spacial score (nSPS) is 23.2. The predicted molar refractivity (Wildman–Crippen MR) is 80.2 cm³/mol. The molecule has 0 aromatic rings. The molecule has 2 amide bonds. The number of aliphatic carboxylic acids is 1. The highest BCUT2D eigenvalue weighted by Gasteiger charge is 2.40. The highest BCUT2D eigenvalue weighted by Crippen LogP contribution is 2.28. The first-order valence-corrected chi connectivity index (χ1v) is 7.46. The lowest BCUT2D eigenvalue weighted by Gasteiger charge is -2.47. The summed E-state index contributed by atoms with van der Waals surface area (Å²) in [5.74, 6) is -1.11. The van der Waals surface area contributed by atoms with Gasteiger partial charge in [-0.15, -0.1) is 0 Å². The molecule has 1 aliphatic heterocycles. The minimum atomic E-state index is -0.996. The van der Waals surface area contributed by atoms with Crippen molar-refractivity contribution < 1.29 is 19.4 Å². The number of urea groups is 1. The van der Waals surface area contributed by atoms with Gasteiger partial charge in [-0.25, -0.2) is 9.59 Å². The van der Waals surface area contributed by atoms with Crippen LogP contribution in [0.1, 0.15) is 48.0 Å². The van der Waals surface area contributed by atoms with Gasteiger partial charge in [0.1, 0.15) is 6.04 Å². The van der Waals surface area contributed by atoms with Crippen LogP contribution in [0.15, 0.2) is 0 Å². The third-order valence-electron chi connectivity index (χ3n) is 3.74. The van der Waals surface area contributed by atoms with E-state index >= 15 is 0 Å².